The van der Waals surface area contributed by atoms with E-state index in [2.05, 4.69) is 15.3 Å². The van der Waals surface area contributed by atoms with Gasteiger partial charge in [-0.2, -0.15) is 4.98 Å². The molecule has 2 heterocycles. The van der Waals surface area contributed by atoms with E-state index in [-0.39, 0.29) is 11.3 Å². The van der Waals surface area contributed by atoms with E-state index in [0.717, 1.165) is 29.3 Å². The van der Waals surface area contributed by atoms with Crippen LogP contribution in [0.25, 0.3) is 5.82 Å². The molecule has 3 aromatic rings. The first-order chi connectivity index (χ1) is 16.0. The zero-order chi connectivity index (χ0) is 22.4. The van der Waals surface area contributed by atoms with Gasteiger partial charge in [0.05, 0.1) is 0 Å². The molecule has 6 nitrogen and oxygen atoms in total. The summed E-state index contributed by atoms with van der Waals surface area (Å²) in [4.78, 5) is 21.8. The minimum atomic E-state index is 0.147. The number of benzene rings is 1. The monoisotopic (exact) mass is 442 g/mol. The highest BCUT2D eigenvalue weighted by molar-refractivity contribution is 5.91. The highest BCUT2D eigenvalue weighted by Gasteiger charge is 2.51. The van der Waals surface area contributed by atoms with Crippen molar-refractivity contribution in [2.75, 3.05) is 5.32 Å². The van der Waals surface area contributed by atoms with Crippen molar-refractivity contribution in [1.82, 2.24) is 14.5 Å². The lowest BCUT2D eigenvalue weighted by molar-refractivity contribution is -0.124. The van der Waals surface area contributed by atoms with Crippen LogP contribution >= 0.6 is 0 Å². The van der Waals surface area contributed by atoms with Crippen LogP contribution in [0, 0.1) is 30.1 Å². The number of rotatable bonds is 6. The molecule has 1 N–H and O–H groups in total. The molecule has 0 spiro atoms. The Morgan fingerprint density at radius 1 is 1.03 bits per heavy atom. The zero-order valence-electron chi connectivity index (χ0n) is 19.0. The summed E-state index contributed by atoms with van der Waals surface area (Å²) >= 11 is 0. The standard InChI is InChI=1S/C27H30N4O2/c1-18-28-24(31-8-2-3-9-31)13-26(29-18)33-23-6-4-22(5-7-23)30-25(32)17-27-14-19-10-20(15-27)12-21(11-19)16-27/h2-9,13,19-21H,10-12,14-17H2,1H3,(H,30,32). The summed E-state index contributed by atoms with van der Waals surface area (Å²) < 4.78 is 7.89. The first-order valence-electron chi connectivity index (χ1n) is 12.1. The maximum atomic E-state index is 12.9. The maximum Gasteiger partial charge on any atom is 0.224 e. The van der Waals surface area contributed by atoms with Crippen molar-refractivity contribution in [2.24, 2.45) is 23.2 Å². The molecule has 2 aromatic heterocycles. The van der Waals surface area contributed by atoms with Gasteiger partial charge in [0.25, 0.3) is 0 Å². The summed E-state index contributed by atoms with van der Waals surface area (Å²) in [5, 5.41) is 3.12. The van der Waals surface area contributed by atoms with Gasteiger partial charge in [-0.1, -0.05) is 0 Å². The number of amides is 1. The second kappa shape index (κ2) is 8.01. The average Bonchev–Trinajstić information content (AvgIpc) is 3.28. The molecular weight excluding hydrogens is 412 g/mol. The van der Waals surface area contributed by atoms with E-state index >= 15 is 0 Å². The van der Waals surface area contributed by atoms with Gasteiger partial charge in [0.1, 0.15) is 17.4 Å². The minimum absolute atomic E-state index is 0.147. The summed E-state index contributed by atoms with van der Waals surface area (Å²) in [5.41, 5.74) is 1.06. The predicted octanol–water partition coefficient (Wildman–Crippen LogP) is 5.91. The number of aryl methyl sites for hydroxylation is 1. The van der Waals surface area contributed by atoms with Crippen LogP contribution in [0.4, 0.5) is 5.69 Å². The SMILES string of the molecule is Cc1nc(Oc2ccc(NC(=O)CC34CC5CC(CC(C5)C3)C4)cc2)cc(-n2cccc2)n1. The van der Waals surface area contributed by atoms with E-state index in [1.807, 2.05) is 66.3 Å². The van der Waals surface area contributed by atoms with Crippen molar-refractivity contribution < 1.29 is 9.53 Å². The summed E-state index contributed by atoms with van der Waals surface area (Å²) in [6.07, 6.45) is 12.5. The molecule has 4 saturated carbocycles. The number of carbonyl (C=O) groups excluding carboxylic acids is 1. The second-order valence-corrected chi connectivity index (χ2v) is 10.5. The number of hydrogen-bond acceptors (Lipinski definition) is 4. The molecule has 4 fully saturated rings. The van der Waals surface area contributed by atoms with Crippen molar-refractivity contribution in [1.29, 1.82) is 0 Å². The molecule has 0 unspecified atom stereocenters. The lowest BCUT2D eigenvalue weighted by atomic mass is 9.49. The number of aromatic nitrogens is 3. The summed E-state index contributed by atoms with van der Waals surface area (Å²) in [6.45, 7) is 1.85. The first-order valence-corrected chi connectivity index (χ1v) is 12.1. The number of nitrogens with one attached hydrogen (secondary N) is 1. The topological polar surface area (TPSA) is 69.0 Å². The Labute approximate surface area is 194 Å². The van der Waals surface area contributed by atoms with Crippen LogP contribution in [0.1, 0.15) is 50.8 Å². The Morgan fingerprint density at radius 3 is 2.30 bits per heavy atom. The largest absolute Gasteiger partial charge is 0.439 e. The van der Waals surface area contributed by atoms with E-state index in [4.69, 9.17) is 4.74 Å². The van der Waals surface area contributed by atoms with Gasteiger partial charge in [-0.05, 0) is 105 Å². The van der Waals surface area contributed by atoms with Gasteiger partial charge in [0.15, 0.2) is 0 Å². The Hall–Kier alpha value is -3.15. The molecule has 1 aromatic carbocycles. The van der Waals surface area contributed by atoms with Gasteiger partial charge in [0.2, 0.25) is 11.8 Å². The highest BCUT2D eigenvalue weighted by Crippen LogP contribution is 2.61. The number of carbonyl (C=O) groups is 1. The Morgan fingerprint density at radius 2 is 1.67 bits per heavy atom. The van der Waals surface area contributed by atoms with E-state index < -0.39 is 0 Å². The van der Waals surface area contributed by atoms with E-state index in [1.165, 1.54) is 38.5 Å². The van der Waals surface area contributed by atoms with Crippen LogP contribution in [0.5, 0.6) is 11.6 Å². The fourth-order valence-corrected chi connectivity index (χ4v) is 6.98. The van der Waals surface area contributed by atoms with Gasteiger partial charge in [-0.25, -0.2) is 4.98 Å². The number of anilines is 1. The molecule has 0 aliphatic heterocycles. The fraction of sp³-hybridized carbons (Fsp3) is 0.444. The van der Waals surface area contributed by atoms with Crippen LogP contribution < -0.4 is 10.1 Å². The van der Waals surface area contributed by atoms with E-state index in [0.29, 0.717) is 23.9 Å². The Bertz CT molecular complexity index is 1120. The molecule has 0 atom stereocenters. The van der Waals surface area contributed by atoms with E-state index in [9.17, 15) is 4.79 Å². The lowest BCUT2D eigenvalue weighted by Crippen LogP contribution is -2.47. The van der Waals surface area contributed by atoms with Crippen molar-refractivity contribution in [3.8, 4) is 17.4 Å². The van der Waals surface area contributed by atoms with Gasteiger partial charge in [-0.15, -0.1) is 0 Å². The molecule has 7 rings (SSSR count). The molecule has 4 bridgehead atoms. The molecule has 170 valence electrons. The molecular formula is C27H30N4O2. The van der Waals surface area contributed by atoms with Crippen LogP contribution in [0.2, 0.25) is 0 Å². The molecule has 33 heavy (non-hydrogen) atoms. The van der Waals surface area contributed by atoms with Crippen molar-refractivity contribution in [3.05, 3.63) is 60.7 Å². The molecule has 1 amide bonds. The zero-order valence-corrected chi connectivity index (χ0v) is 19.0. The molecule has 4 aliphatic carbocycles. The van der Waals surface area contributed by atoms with Crippen molar-refractivity contribution in [3.63, 3.8) is 0 Å². The number of nitrogens with zero attached hydrogens (tertiary/aromatic N) is 3. The number of ether oxygens (including phenoxy) is 1. The predicted molar refractivity (Wildman–Crippen MR) is 126 cm³/mol. The molecule has 0 radical (unpaired) electrons. The third-order valence-electron chi connectivity index (χ3n) is 7.73. The molecule has 0 saturated heterocycles. The van der Waals surface area contributed by atoms with E-state index in [1.54, 1.807) is 0 Å². The second-order valence-electron chi connectivity index (χ2n) is 10.5. The van der Waals surface area contributed by atoms with Crippen molar-refractivity contribution in [2.45, 2.75) is 51.9 Å². The van der Waals surface area contributed by atoms with Crippen LogP contribution in [-0.4, -0.2) is 20.4 Å². The van der Waals surface area contributed by atoms with Gasteiger partial charge in [0, 0.05) is 30.6 Å². The summed E-state index contributed by atoms with van der Waals surface area (Å²) in [6, 6.07) is 13.2. The third kappa shape index (κ3) is 4.26. The normalized spacial score (nSPS) is 27.5. The van der Waals surface area contributed by atoms with Gasteiger partial charge in [-0.3, -0.25) is 4.79 Å². The number of hydrogen-bond donors (Lipinski definition) is 1. The Kier molecular flexibility index (Phi) is 4.97. The highest BCUT2D eigenvalue weighted by atomic mass is 16.5. The Balaban J connectivity index is 1.10. The summed E-state index contributed by atoms with van der Waals surface area (Å²) in [5.74, 6) is 5.31. The van der Waals surface area contributed by atoms with Crippen molar-refractivity contribution >= 4 is 11.6 Å². The lowest BCUT2D eigenvalue weighted by Gasteiger charge is -2.56. The quantitative estimate of drug-likeness (QED) is 0.515. The summed E-state index contributed by atoms with van der Waals surface area (Å²) in [7, 11) is 0. The third-order valence-corrected chi connectivity index (χ3v) is 7.73. The molecule has 4 aliphatic rings. The maximum absolute atomic E-state index is 12.9. The first kappa shape index (κ1) is 20.5. The van der Waals surface area contributed by atoms with Gasteiger partial charge < -0.3 is 14.6 Å². The van der Waals surface area contributed by atoms with Crippen LogP contribution in [0.3, 0.4) is 0 Å². The minimum Gasteiger partial charge on any atom is -0.439 e. The fourth-order valence-electron chi connectivity index (χ4n) is 6.98. The van der Waals surface area contributed by atoms with Crippen LogP contribution in [-0.2, 0) is 4.79 Å². The van der Waals surface area contributed by atoms with Crippen LogP contribution in [0.15, 0.2) is 54.9 Å². The average molecular weight is 443 g/mol. The van der Waals surface area contributed by atoms with Gasteiger partial charge >= 0.3 is 0 Å². The smallest absolute Gasteiger partial charge is 0.224 e. The molecule has 6 heteroatoms.